The van der Waals surface area contributed by atoms with Crippen LogP contribution in [0.2, 0.25) is 0 Å². The Bertz CT molecular complexity index is 858. The highest BCUT2D eigenvalue weighted by atomic mass is 19.1. The van der Waals surface area contributed by atoms with Gasteiger partial charge in [-0.05, 0) is 31.2 Å². The van der Waals surface area contributed by atoms with Crippen molar-refractivity contribution in [2.24, 2.45) is 0 Å². The average Bonchev–Trinajstić information content (AvgIpc) is 2.99. The highest BCUT2D eigenvalue weighted by molar-refractivity contribution is 5.90. The lowest BCUT2D eigenvalue weighted by atomic mass is 10.2. The number of hydrogen-bond acceptors (Lipinski definition) is 7. The number of benzene rings is 1. The van der Waals surface area contributed by atoms with Crippen molar-refractivity contribution >= 4 is 29.3 Å². The minimum Gasteiger partial charge on any atom is -0.442 e. The van der Waals surface area contributed by atoms with Gasteiger partial charge in [0.05, 0.1) is 50.8 Å². The van der Waals surface area contributed by atoms with Crippen LogP contribution in [0.4, 0.5) is 25.0 Å². The van der Waals surface area contributed by atoms with Gasteiger partial charge in [0.25, 0.3) is 5.91 Å². The Morgan fingerprint density at radius 1 is 1.24 bits per heavy atom. The molecule has 2 fully saturated rings. The first-order chi connectivity index (χ1) is 15.9. The van der Waals surface area contributed by atoms with E-state index in [0.29, 0.717) is 37.4 Å². The van der Waals surface area contributed by atoms with Crippen LogP contribution in [0.25, 0.3) is 0 Å². The second-order valence-electron chi connectivity index (χ2n) is 7.72. The zero-order chi connectivity index (χ0) is 23.8. The van der Waals surface area contributed by atoms with E-state index in [2.05, 4.69) is 10.6 Å². The van der Waals surface area contributed by atoms with Crippen molar-refractivity contribution in [3.63, 3.8) is 0 Å². The quantitative estimate of drug-likeness (QED) is 0.516. The van der Waals surface area contributed by atoms with Crippen LogP contribution in [0.1, 0.15) is 13.3 Å². The zero-order valence-electron chi connectivity index (χ0n) is 18.5. The molecule has 12 heteroatoms. The molecule has 0 saturated carbocycles. The molecule has 0 spiro atoms. The summed E-state index contributed by atoms with van der Waals surface area (Å²) >= 11 is 0. The van der Waals surface area contributed by atoms with E-state index in [0.717, 1.165) is 0 Å². The van der Waals surface area contributed by atoms with Gasteiger partial charge < -0.3 is 20.3 Å². The Labute approximate surface area is 190 Å². The number of carbonyl (C=O) groups excluding carboxylic acids is 3. The fraction of sp³-hybridized carbons (Fsp3) is 0.571. The summed E-state index contributed by atoms with van der Waals surface area (Å²) in [6.45, 7) is 2.93. The van der Waals surface area contributed by atoms with E-state index in [1.807, 2.05) is 0 Å². The molecule has 1 aromatic rings. The Balaban J connectivity index is 1.57. The van der Waals surface area contributed by atoms with Gasteiger partial charge >= 0.3 is 6.09 Å². The molecule has 2 heterocycles. The molecule has 1 aromatic carbocycles. The Kier molecular flexibility index (Phi) is 8.78. The van der Waals surface area contributed by atoms with E-state index in [1.165, 1.54) is 23.0 Å². The maximum atomic E-state index is 15.0. The Hall–Kier alpha value is -2.99. The van der Waals surface area contributed by atoms with Crippen LogP contribution < -0.4 is 20.4 Å². The third kappa shape index (κ3) is 6.75. The minimum absolute atomic E-state index is 0.0396. The first-order valence-electron chi connectivity index (χ1n) is 10.9. The SMILES string of the molecule is CC(=O)NCC1CN(c2ccc(N3CCON(C(=O)CNCCCF)CC3)c(F)c2)C(=O)O1. The van der Waals surface area contributed by atoms with E-state index in [1.54, 1.807) is 17.0 Å². The minimum atomic E-state index is -0.602. The molecule has 2 N–H and O–H groups in total. The molecule has 0 aromatic heterocycles. The van der Waals surface area contributed by atoms with Crippen molar-refractivity contribution in [2.45, 2.75) is 19.4 Å². The monoisotopic (exact) mass is 469 g/mol. The molecule has 182 valence electrons. The molecule has 0 aliphatic carbocycles. The van der Waals surface area contributed by atoms with Gasteiger partial charge in [-0.25, -0.2) is 14.2 Å². The number of hydroxylamine groups is 2. The summed E-state index contributed by atoms with van der Waals surface area (Å²) in [5, 5.41) is 6.70. The van der Waals surface area contributed by atoms with Crippen LogP contribution in [0.15, 0.2) is 18.2 Å². The number of nitrogens with one attached hydrogen (secondary N) is 2. The van der Waals surface area contributed by atoms with Crippen LogP contribution in [-0.4, -0.2) is 88.2 Å². The summed E-state index contributed by atoms with van der Waals surface area (Å²) < 4.78 is 32.3. The fourth-order valence-corrected chi connectivity index (χ4v) is 3.58. The number of nitrogens with zero attached hydrogens (tertiary/aromatic N) is 3. The molecule has 2 aliphatic rings. The van der Waals surface area contributed by atoms with Crippen molar-refractivity contribution in [3.05, 3.63) is 24.0 Å². The van der Waals surface area contributed by atoms with Crippen molar-refractivity contribution in [2.75, 3.05) is 68.9 Å². The molecule has 33 heavy (non-hydrogen) atoms. The highest BCUT2D eigenvalue weighted by Crippen LogP contribution is 2.28. The van der Waals surface area contributed by atoms with Gasteiger partial charge in [-0.15, -0.1) is 0 Å². The predicted molar refractivity (Wildman–Crippen MR) is 116 cm³/mol. The third-order valence-electron chi connectivity index (χ3n) is 5.26. The number of amides is 3. The number of alkyl halides is 1. The van der Waals surface area contributed by atoms with Gasteiger partial charge in [0.2, 0.25) is 5.91 Å². The smallest absolute Gasteiger partial charge is 0.414 e. The number of ether oxygens (including phenoxy) is 1. The summed E-state index contributed by atoms with van der Waals surface area (Å²) in [7, 11) is 0. The topological polar surface area (TPSA) is 103 Å². The molecule has 3 rings (SSSR count). The van der Waals surface area contributed by atoms with Gasteiger partial charge in [0, 0.05) is 20.0 Å². The number of rotatable bonds is 9. The normalized spacial score (nSPS) is 18.8. The highest BCUT2D eigenvalue weighted by Gasteiger charge is 2.33. The molecule has 0 bridgehead atoms. The molecule has 0 radical (unpaired) electrons. The van der Waals surface area contributed by atoms with Crippen molar-refractivity contribution in [1.29, 1.82) is 0 Å². The molecule has 1 atom stereocenters. The standard InChI is InChI=1S/C21H29F2N5O5/c1-15(29)25-12-17-14-27(21(31)33-17)16-3-4-19(18(23)11-16)26-7-8-28(32-10-9-26)20(30)13-24-6-2-5-22/h3-4,11,17,24H,2,5-10,12-14H2,1H3,(H,25,29). The van der Waals surface area contributed by atoms with Crippen LogP contribution >= 0.6 is 0 Å². The third-order valence-corrected chi connectivity index (χ3v) is 5.26. The van der Waals surface area contributed by atoms with E-state index < -0.39 is 24.7 Å². The maximum absolute atomic E-state index is 15.0. The first-order valence-corrected chi connectivity index (χ1v) is 10.9. The second-order valence-corrected chi connectivity index (χ2v) is 7.72. The van der Waals surface area contributed by atoms with Crippen LogP contribution in [0, 0.1) is 5.82 Å². The predicted octanol–water partition coefficient (Wildman–Crippen LogP) is 0.816. The molecule has 10 nitrogen and oxygen atoms in total. The average molecular weight is 469 g/mol. The summed E-state index contributed by atoms with van der Waals surface area (Å²) in [6.07, 6.45) is -0.778. The lowest BCUT2D eigenvalue weighted by molar-refractivity contribution is -0.180. The number of cyclic esters (lactones) is 1. The van der Waals surface area contributed by atoms with Crippen LogP contribution in [0.3, 0.4) is 0 Å². The van der Waals surface area contributed by atoms with Crippen LogP contribution in [-0.2, 0) is 19.2 Å². The molecular weight excluding hydrogens is 440 g/mol. The lowest BCUT2D eigenvalue weighted by Gasteiger charge is -2.24. The van der Waals surface area contributed by atoms with Gasteiger partial charge in [0.1, 0.15) is 11.9 Å². The summed E-state index contributed by atoms with van der Waals surface area (Å²) in [5.41, 5.74) is 0.689. The van der Waals surface area contributed by atoms with Gasteiger partial charge in [-0.2, -0.15) is 0 Å². The van der Waals surface area contributed by atoms with Gasteiger partial charge in [-0.1, -0.05) is 0 Å². The largest absolute Gasteiger partial charge is 0.442 e. The second kappa shape index (κ2) is 11.8. The number of anilines is 2. The fourth-order valence-electron chi connectivity index (χ4n) is 3.58. The van der Waals surface area contributed by atoms with Gasteiger partial charge in [-0.3, -0.25) is 23.7 Å². The lowest BCUT2D eigenvalue weighted by Crippen LogP contribution is -2.40. The number of carbonyl (C=O) groups is 3. The van der Waals surface area contributed by atoms with E-state index >= 15 is 0 Å². The molecule has 2 aliphatic heterocycles. The molecular formula is C21H29F2N5O5. The van der Waals surface area contributed by atoms with E-state index in [9.17, 15) is 23.2 Å². The maximum Gasteiger partial charge on any atom is 0.414 e. The van der Waals surface area contributed by atoms with E-state index in [4.69, 9.17) is 9.57 Å². The molecule has 3 amide bonds. The van der Waals surface area contributed by atoms with Gasteiger partial charge in [0.15, 0.2) is 0 Å². The Morgan fingerprint density at radius 3 is 2.79 bits per heavy atom. The van der Waals surface area contributed by atoms with Crippen LogP contribution in [0.5, 0.6) is 0 Å². The molecule has 2 saturated heterocycles. The zero-order valence-corrected chi connectivity index (χ0v) is 18.5. The summed E-state index contributed by atoms with van der Waals surface area (Å²) in [4.78, 5) is 44.0. The molecule has 1 unspecified atom stereocenters. The number of hydrogen-bond donors (Lipinski definition) is 2. The van der Waals surface area contributed by atoms with Crippen molar-refractivity contribution in [3.8, 4) is 0 Å². The first kappa shape index (κ1) is 24.6. The Morgan fingerprint density at radius 2 is 2.06 bits per heavy atom. The summed E-state index contributed by atoms with van der Waals surface area (Å²) in [5.74, 6) is -1.01. The summed E-state index contributed by atoms with van der Waals surface area (Å²) in [6, 6.07) is 4.47. The van der Waals surface area contributed by atoms with Crippen molar-refractivity contribution in [1.82, 2.24) is 15.7 Å². The number of halogens is 2. The van der Waals surface area contributed by atoms with E-state index in [-0.39, 0.29) is 44.6 Å². The van der Waals surface area contributed by atoms with Crippen molar-refractivity contribution < 1.29 is 32.7 Å².